The molecule has 6 heteroatoms. The highest BCUT2D eigenvalue weighted by Gasteiger charge is 2.27. The van der Waals surface area contributed by atoms with Crippen molar-refractivity contribution in [3.63, 3.8) is 0 Å². The third-order valence-corrected chi connectivity index (χ3v) is 2.51. The van der Waals surface area contributed by atoms with E-state index < -0.39 is 17.2 Å². The Morgan fingerprint density at radius 3 is 2.31 bits per heavy atom. The van der Waals surface area contributed by atoms with Crippen LogP contribution in [-0.4, -0.2) is 38.8 Å². The quantitative estimate of drug-likeness (QED) is 0.427. The number of carboxylic acid groups (broad SMARTS) is 1. The van der Waals surface area contributed by atoms with Gasteiger partial charge in [0.25, 0.3) is 0 Å². The molecule has 0 bridgehead atoms. The van der Waals surface area contributed by atoms with Crippen LogP contribution in [0.1, 0.15) is 25.7 Å². The monoisotopic (exact) mass is 218 g/mol. The van der Waals surface area contributed by atoms with Crippen molar-refractivity contribution in [1.29, 1.82) is 0 Å². The summed E-state index contributed by atoms with van der Waals surface area (Å²) in [7, 11) is 11.4. The summed E-state index contributed by atoms with van der Waals surface area (Å²) in [5, 5.41) is 7.64. The van der Waals surface area contributed by atoms with Gasteiger partial charge in [-0.2, -0.15) is 0 Å². The molecule has 0 saturated heterocycles. The Morgan fingerprint density at radius 1 is 1.25 bits per heavy atom. The van der Waals surface area contributed by atoms with Crippen LogP contribution in [0.2, 0.25) is 5.21 Å². The van der Waals surface area contributed by atoms with Gasteiger partial charge in [-0.25, -0.2) is 9.59 Å². The number of carboxylic acids is 1. The molecule has 0 aliphatic heterocycles. The molecule has 0 heterocycles. The van der Waals surface area contributed by atoms with Crippen molar-refractivity contribution in [2.45, 2.75) is 37.0 Å². The van der Waals surface area contributed by atoms with E-state index in [4.69, 9.17) is 25.5 Å². The average molecular weight is 218 g/mol. The number of hydrogen-bond donors (Lipinski definition) is 1. The number of rotatable bonds is 3. The molecular formula is C10H12B2O4. The zero-order chi connectivity index (χ0) is 12.2. The Bertz CT molecular complexity index is 302. The Labute approximate surface area is 96.9 Å². The summed E-state index contributed by atoms with van der Waals surface area (Å²) in [6, 6.07) is 0. The first-order valence-electron chi connectivity index (χ1n) is 5.08. The number of hydrogen-bond acceptors (Lipinski definition) is 3. The molecular weight excluding hydrogens is 206 g/mol. The minimum absolute atomic E-state index is 0.217. The predicted octanol–water partition coefficient (Wildman–Crippen LogP) is 0.566. The molecule has 1 saturated carbocycles. The Hall–Kier alpha value is -1.19. The van der Waals surface area contributed by atoms with Gasteiger partial charge in [0.2, 0.25) is 0 Å². The standard InChI is InChI=1S/C10H12B2O4/c11-10(12)5-3-7(4-6-10)16-9(15)2-1-8(13)14/h1-2,7H,3-6H2,(H,13,14)/b2-1+. The molecule has 1 N–H and O–H groups in total. The van der Waals surface area contributed by atoms with Gasteiger partial charge in [0.05, 0.1) is 15.7 Å². The van der Waals surface area contributed by atoms with E-state index in [1.165, 1.54) is 0 Å². The first-order chi connectivity index (χ1) is 7.39. The summed E-state index contributed by atoms with van der Waals surface area (Å²) in [5.41, 5.74) is 0. The second-order valence-electron chi connectivity index (χ2n) is 4.04. The van der Waals surface area contributed by atoms with Gasteiger partial charge in [0.1, 0.15) is 6.10 Å². The van der Waals surface area contributed by atoms with Gasteiger partial charge in [-0.15, -0.1) is 0 Å². The van der Waals surface area contributed by atoms with Crippen molar-refractivity contribution in [2.24, 2.45) is 0 Å². The molecule has 16 heavy (non-hydrogen) atoms. The fourth-order valence-corrected chi connectivity index (χ4v) is 1.59. The molecule has 1 fully saturated rings. The lowest BCUT2D eigenvalue weighted by atomic mass is 9.48. The maximum absolute atomic E-state index is 11.1. The fourth-order valence-electron chi connectivity index (χ4n) is 1.59. The average Bonchev–Trinajstić information content (AvgIpc) is 2.18. The molecule has 0 aromatic rings. The summed E-state index contributed by atoms with van der Waals surface area (Å²) in [5.74, 6) is -1.82. The number of carbonyl (C=O) groups is 2. The minimum atomic E-state index is -1.18. The van der Waals surface area contributed by atoms with E-state index in [-0.39, 0.29) is 6.10 Å². The van der Waals surface area contributed by atoms with Crippen molar-refractivity contribution in [3.8, 4) is 0 Å². The lowest BCUT2D eigenvalue weighted by Gasteiger charge is -2.34. The summed E-state index contributed by atoms with van der Waals surface area (Å²) >= 11 is 0. The van der Waals surface area contributed by atoms with Crippen molar-refractivity contribution < 1.29 is 19.4 Å². The van der Waals surface area contributed by atoms with Gasteiger partial charge in [0.15, 0.2) is 0 Å². The Morgan fingerprint density at radius 2 is 1.81 bits per heavy atom. The van der Waals surface area contributed by atoms with E-state index in [0.717, 1.165) is 12.2 Å². The van der Waals surface area contributed by atoms with Gasteiger partial charge in [-0.3, -0.25) is 0 Å². The second-order valence-corrected chi connectivity index (χ2v) is 4.04. The SMILES string of the molecule is [B]C1([B])CCC(OC(=O)/C=C/C(=O)O)CC1. The van der Waals surface area contributed by atoms with E-state index in [2.05, 4.69) is 0 Å². The van der Waals surface area contributed by atoms with Gasteiger partial charge >= 0.3 is 11.9 Å². The molecule has 0 aromatic heterocycles. The van der Waals surface area contributed by atoms with Crippen molar-refractivity contribution in [1.82, 2.24) is 0 Å². The van der Waals surface area contributed by atoms with Crippen LogP contribution in [0.15, 0.2) is 12.2 Å². The van der Waals surface area contributed by atoms with E-state index in [0.29, 0.717) is 25.7 Å². The smallest absolute Gasteiger partial charge is 0.331 e. The van der Waals surface area contributed by atoms with Crippen molar-refractivity contribution in [3.05, 3.63) is 12.2 Å². The van der Waals surface area contributed by atoms with Gasteiger partial charge in [-0.05, 0) is 12.8 Å². The van der Waals surface area contributed by atoms with Gasteiger partial charge < -0.3 is 9.84 Å². The third-order valence-electron chi connectivity index (χ3n) is 2.51. The van der Waals surface area contributed by atoms with Crippen molar-refractivity contribution in [2.75, 3.05) is 0 Å². The molecule has 4 radical (unpaired) electrons. The van der Waals surface area contributed by atoms with E-state index in [9.17, 15) is 9.59 Å². The fraction of sp³-hybridized carbons (Fsp3) is 0.600. The Balaban J connectivity index is 2.34. The first-order valence-corrected chi connectivity index (χ1v) is 5.08. The van der Waals surface area contributed by atoms with Crippen LogP contribution in [0.5, 0.6) is 0 Å². The molecule has 1 rings (SSSR count). The topological polar surface area (TPSA) is 63.6 Å². The molecule has 0 atom stereocenters. The van der Waals surface area contributed by atoms with Crippen LogP contribution >= 0.6 is 0 Å². The molecule has 1 aliphatic rings. The van der Waals surface area contributed by atoms with Crippen LogP contribution < -0.4 is 0 Å². The normalized spacial score (nSPS) is 20.8. The zero-order valence-corrected chi connectivity index (χ0v) is 8.89. The Kier molecular flexibility index (Phi) is 4.21. The summed E-state index contributed by atoms with van der Waals surface area (Å²) in [4.78, 5) is 21.3. The molecule has 0 amide bonds. The zero-order valence-electron chi connectivity index (χ0n) is 8.89. The van der Waals surface area contributed by atoms with E-state index in [1.807, 2.05) is 0 Å². The lowest BCUT2D eigenvalue weighted by Crippen LogP contribution is -2.28. The summed E-state index contributed by atoms with van der Waals surface area (Å²) < 4.78 is 5.03. The molecule has 1 aliphatic carbocycles. The highest BCUT2D eigenvalue weighted by Crippen LogP contribution is 2.37. The third kappa shape index (κ3) is 4.55. The van der Waals surface area contributed by atoms with Gasteiger partial charge in [-0.1, -0.05) is 18.1 Å². The van der Waals surface area contributed by atoms with Gasteiger partial charge in [0, 0.05) is 12.2 Å². The van der Waals surface area contributed by atoms with Crippen LogP contribution in [0.3, 0.4) is 0 Å². The second kappa shape index (κ2) is 5.23. The summed E-state index contributed by atoms with van der Waals surface area (Å²) in [6.45, 7) is 0. The van der Waals surface area contributed by atoms with Crippen molar-refractivity contribution >= 4 is 27.6 Å². The maximum atomic E-state index is 11.1. The minimum Gasteiger partial charge on any atom is -0.478 e. The number of aliphatic carboxylic acids is 1. The predicted molar refractivity (Wildman–Crippen MR) is 59.3 cm³/mol. The van der Waals surface area contributed by atoms with Crippen LogP contribution in [0, 0.1) is 0 Å². The molecule has 0 spiro atoms. The number of esters is 1. The first kappa shape index (κ1) is 12.9. The van der Waals surface area contributed by atoms with E-state index in [1.54, 1.807) is 0 Å². The van der Waals surface area contributed by atoms with Crippen LogP contribution in [0.4, 0.5) is 0 Å². The lowest BCUT2D eigenvalue weighted by molar-refractivity contribution is -0.145. The molecule has 4 nitrogen and oxygen atoms in total. The molecule has 0 unspecified atom stereocenters. The largest absolute Gasteiger partial charge is 0.478 e. The highest BCUT2D eigenvalue weighted by atomic mass is 16.5. The molecule has 82 valence electrons. The number of carbonyl (C=O) groups excluding carboxylic acids is 1. The van der Waals surface area contributed by atoms with Crippen LogP contribution in [0.25, 0.3) is 0 Å². The maximum Gasteiger partial charge on any atom is 0.331 e. The highest BCUT2D eigenvalue weighted by molar-refractivity contribution is 6.39. The van der Waals surface area contributed by atoms with Crippen LogP contribution in [-0.2, 0) is 14.3 Å². The summed E-state index contributed by atoms with van der Waals surface area (Å²) in [6.07, 6.45) is 3.84. The number of ether oxygens (including phenoxy) is 1. The molecule has 0 aromatic carbocycles. The van der Waals surface area contributed by atoms with E-state index >= 15 is 0 Å².